The van der Waals surface area contributed by atoms with Crippen LogP contribution in [0.4, 0.5) is 5.69 Å². The van der Waals surface area contributed by atoms with Gasteiger partial charge in [-0.05, 0) is 18.2 Å². The third-order valence-electron chi connectivity index (χ3n) is 4.37. The lowest BCUT2D eigenvalue weighted by molar-refractivity contribution is -0.885. The summed E-state index contributed by atoms with van der Waals surface area (Å²) in [5, 5.41) is 3.04. The largest absolute Gasteiger partial charge is 0.326 e. The van der Waals surface area contributed by atoms with E-state index in [2.05, 4.69) is 5.32 Å². The van der Waals surface area contributed by atoms with Gasteiger partial charge in [0.2, 0.25) is 10.0 Å². The molecule has 2 rings (SSSR count). The maximum Gasteiger partial charge on any atom is 0.279 e. The van der Waals surface area contributed by atoms with Crippen LogP contribution >= 0.6 is 11.6 Å². The molecular weight excluding hydrogens is 398 g/mol. The predicted octanol–water partition coefficient (Wildman–Crippen LogP) is 2.02. The number of amides is 1. The van der Waals surface area contributed by atoms with E-state index in [0.717, 1.165) is 10.5 Å². The van der Waals surface area contributed by atoms with Crippen LogP contribution in [-0.4, -0.2) is 45.3 Å². The smallest absolute Gasteiger partial charge is 0.279 e. The number of rotatable bonds is 9. The van der Waals surface area contributed by atoms with Gasteiger partial charge in [0.25, 0.3) is 5.91 Å². The molecule has 8 heteroatoms. The van der Waals surface area contributed by atoms with Crippen molar-refractivity contribution < 1.29 is 18.1 Å². The van der Waals surface area contributed by atoms with Gasteiger partial charge in [0.15, 0.2) is 6.54 Å². The molecule has 0 radical (unpaired) electrons. The highest BCUT2D eigenvalue weighted by Crippen LogP contribution is 2.26. The molecule has 0 aliphatic carbocycles. The molecule has 0 aromatic heterocycles. The van der Waals surface area contributed by atoms with E-state index in [9.17, 15) is 13.2 Å². The van der Waals surface area contributed by atoms with Crippen LogP contribution in [0.5, 0.6) is 0 Å². The first kappa shape index (κ1) is 22.4. The number of benzene rings is 2. The van der Waals surface area contributed by atoms with E-state index in [1.807, 2.05) is 37.4 Å². The van der Waals surface area contributed by atoms with Crippen molar-refractivity contribution in [3.63, 3.8) is 0 Å². The van der Waals surface area contributed by atoms with Crippen molar-refractivity contribution >= 4 is 33.2 Å². The van der Waals surface area contributed by atoms with Crippen LogP contribution < -0.4 is 10.2 Å². The lowest BCUT2D eigenvalue weighted by Gasteiger charge is -2.19. The van der Waals surface area contributed by atoms with Crippen LogP contribution in [0.2, 0.25) is 5.02 Å². The van der Waals surface area contributed by atoms with Crippen LogP contribution in [0.1, 0.15) is 19.4 Å². The second kappa shape index (κ2) is 10.0. The number of hydrogen-bond acceptors (Lipinski definition) is 3. The average Bonchev–Trinajstić information content (AvgIpc) is 2.64. The van der Waals surface area contributed by atoms with E-state index in [1.54, 1.807) is 13.8 Å². The fourth-order valence-electron chi connectivity index (χ4n) is 2.95. The van der Waals surface area contributed by atoms with E-state index in [0.29, 0.717) is 30.3 Å². The summed E-state index contributed by atoms with van der Waals surface area (Å²) in [5.41, 5.74) is 1.44. The Hall–Kier alpha value is -1.93. The van der Waals surface area contributed by atoms with Gasteiger partial charge in [0.1, 0.15) is 6.54 Å². The van der Waals surface area contributed by atoms with Crippen molar-refractivity contribution in [2.45, 2.75) is 25.3 Å². The second-order valence-corrected chi connectivity index (χ2v) is 8.92. The number of quaternary nitrogens is 1. The maximum absolute atomic E-state index is 12.7. The zero-order valence-corrected chi connectivity index (χ0v) is 18.0. The van der Waals surface area contributed by atoms with E-state index in [4.69, 9.17) is 11.6 Å². The topological polar surface area (TPSA) is 70.9 Å². The number of nitrogens with zero attached hydrogens (tertiary/aromatic N) is 1. The van der Waals surface area contributed by atoms with Crippen LogP contribution in [0.25, 0.3) is 0 Å². The van der Waals surface area contributed by atoms with Crippen LogP contribution in [-0.2, 0) is 21.4 Å². The number of carbonyl (C=O) groups is 1. The van der Waals surface area contributed by atoms with Gasteiger partial charge in [-0.15, -0.1) is 0 Å². The minimum absolute atomic E-state index is 0.112. The van der Waals surface area contributed by atoms with Gasteiger partial charge < -0.3 is 10.2 Å². The molecule has 0 fully saturated rings. The molecule has 0 aliphatic heterocycles. The van der Waals surface area contributed by atoms with Gasteiger partial charge in [0, 0.05) is 18.7 Å². The highest BCUT2D eigenvalue weighted by atomic mass is 35.5. The minimum Gasteiger partial charge on any atom is -0.326 e. The molecule has 0 heterocycles. The first-order valence-electron chi connectivity index (χ1n) is 9.22. The Morgan fingerprint density at radius 3 is 2.36 bits per heavy atom. The molecule has 6 nitrogen and oxygen atoms in total. The van der Waals surface area contributed by atoms with Gasteiger partial charge in [-0.2, -0.15) is 4.31 Å². The normalized spacial score (nSPS) is 12.8. The summed E-state index contributed by atoms with van der Waals surface area (Å²) < 4.78 is 26.7. The Morgan fingerprint density at radius 1 is 1.11 bits per heavy atom. The van der Waals surface area contributed by atoms with Crippen LogP contribution in [0.15, 0.2) is 53.4 Å². The molecule has 28 heavy (non-hydrogen) atoms. The molecule has 1 unspecified atom stereocenters. The molecule has 0 saturated heterocycles. The van der Waals surface area contributed by atoms with Gasteiger partial charge in [-0.3, -0.25) is 4.79 Å². The molecule has 2 aromatic carbocycles. The number of sulfonamides is 1. The number of hydrogen-bond donors (Lipinski definition) is 2. The van der Waals surface area contributed by atoms with Gasteiger partial charge in [-0.1, -0.05) is 55.8 Å². The van der Waals surface area contributed by atoms with Crippen molar-refractivity contribution in [1.82, 2.24) is 4.31 Å². The van der Waals surface area contributed by atoms with Crippen LogP contribution in [0.3, 0.4) is 0 Å². The zero-order chi connectivity index (χ0) is 20.7. The predicted molar refractivity (Wildman–Crippen MR) is 112 cm³/mol. The van der Waals surface area contributed by atoms with E-state index < -0.39 is 10.0 Å². The standard InChI is InChI=1S/C20H26ClN3O3S/c1-4-24(5-2)28(26,27)17-11-12-18(21)19(13-17)22-20(25)15-23(3)14-16-9-7-6-8-10-16/h6-13H,4-5,14-15H2,1-3H3,(H,22,25)/p+1. The molecule has 1 atom stereocenters. The minimum atomic E-state index is -3.62. The molecule has 2 N–H and O–H groups in total. The highest BCUT2D eigenvalue weighted by Gasteiger charge is 2.23. The lowest BCUT2D eigenvalue weighted by Crippen LogP contribution is -3.08. The SMILES string of the molecule is CCN(CC)S(=O)(=O)c1ccc(Cl)c(NC(=O)C[NH+](C)Cc2ccccc2)c1. The third-order valence-corrected chi connectivity index (χ3v) is 6.74. The monoisotopic (exact) mass is 424 g/mol. The Kier molecular flexibility index (Phi) is 8.00. The number of nitrogens with one attached hydrogen (secondary N) is 2. The van der Waals surface area contributed by atoms with Gasteiger partial charge in [-0.25, -0.2) is 8.42 Å². The summed E-state index contributed by atoms with van der Waals surface area (Å²) >= 11 is 6.17. The molecule has 152 valence electrons. The molecule has 0 spiro atoms. The number of halogens is 1. The summed E-state index contributed by atoms with van der Waals surface area (Å²) in [6.07, 6.45) is 0. The van der Waals surface area contributed by atoms with E-state index in [-0.39, 0.29) is 17.3 Å². The number of anilines is 1. The maximum atomic E-state index is 12.7. The highest BCUT2D eigenvalue weighted by molar-refractivity contribution is 7.89. The molecule has 0 aliphatic rings. The quantitative estimate of drug-likeness (QED) is 0.647. The first-order chi connectivity index (χ1) is 13.3. The van der Waals surface area contributed by atoms with Gasteiger partial charge in [0.05, 0.1) is 22.7 Å². The Bertz CT molecular complexity index is 900. The van der Waals surface area contributed by atoms with Crippen molar-refractivity contribution in [1.29, 1.82) is 0 Å². The summed E-state index contributed by atoms with van der Waals surface area (Å²) in [5.74, 6) is -0.229. The van der Waals surface area contributed by atoms with Crippen LogP contribution in [0, 0.1) is 0 Å². The van der Waals surface area contributed by atoms with E-state index in [1.165, 1.54) is 22.5 Å². The Morgan fingerprint density at radius 2 is 1.75 bits per heavy atom. The van der Waals surface area contributed by atoms with Crippen molar-refractivity contribution in [2.75, 3.05) is 32.0 Å². The Labute approximate surface area is 172 Å². The van der Waals surface area contributed by atoms with Gasteiger partial charge >= 0.3 is 0 Å². The van der Waals surface area contributed by atoms with Crippen molar-refractivity contribution in [3.8, 4) is 0 Å². The molecular formula is C20H27ClN3O3S+. The summed E-state index contributed by atoms with van der Waals surface area (Å²) in [6.45, 7) is 5.25. The first-order valence-corrected chi connectivity index (χ1v) is 11.0. The van der Waals surface area contributed by atoms with E-state index >= 15 is 0 Å². The molecule has 0 saturated carbocycles. The molecule has 0 bridgehead atoms. The second-order valence-electron chi connectivity index (χ2n) is 6.58. The lowest BCUT2D eigenvalue weighted by atomic mass is 10.2. The summed E-state index contributed by atoms with van der Waals surface area (Å²) in [6, 6.07) is 14.3. The zero-order valence-electron chi connectivity index (χ0n) is 16.4. The third kappa shape index (κ3) is 5.78. The number of carbonyl (C=O) groups excluding carboxylic acids is 1. The summed E-state index contributed by atoms with van der Waals surface area (Å²) in [7, 11) is -1.70. The summed E-state index contributed by atoms with van der Waals surface area (Å²) in [4.78, 5) is 13.5. The Balaban J connectivity index is 2.10. The van der Waals surface area contributed by atoms with Crippen molar-refractivity contribution in [3.05, 3.63) is 59.1 Å². The molecule has 1 amide bonds. The van der Waals surface area contributed by atoms with Crippen molar-refractivity contribution in [2.24, 2.45) is 0 Å². The average molecular weight is 425 g/mol. The number of likely N-dealkylation sites (N-methyl/N-ethyl adjacent to an activating group) is 1. The fraction of sp³-hybridized carbons (Fsp3) is 0.350. The molecule has 2 aromatic rings. The fourth-order valence-corrected chi connectivity index (χ4v) is 4.60.